The predicted molar refractivity (Wildman–Crippen MR) is 16.5 cm³/mol. The first-order valence-electron chi connectivity index (χ1n) is 1.01. The Morgan fingerprint density at radius 3 is 1.80 bits per heavy atom. The molecule has 0 aromatic carbocycles. The molecule has 5 heavy (non-hydrogen) atoms. The van der Waals surface area contributed by atoms with E-state index >= 15 is 0 Å². The molecular formula is C3H3NO. The van der Waals surface area contributed by atoms with Crippen molar-refractivity contribution in [3.8, 4) is 0 Å². The summed E-state index contributed by atoms with van der Waals surface area (Å²) >= 11 is 0. The highest BCUT2D eigenvalue weighted by molar-refractivity contribution is 5.47. The summed E-state index contributed by atoms with van der Waals surface area (Å²) in [5, 5.41) is 0. The molecule has 0 heterocycles. The number of hydrogen-bond donors (Lipinski definition) is 0. The Labute approximate surface area is 31.4 Å². The van der Waals surface area contributed by atoms with Gasteiger partial charge >= 0.3 is 0 Å². The summed E-state index contributed by atoms with van der Waals surface area (Å²) in [4.78, 5) is 9.62. The van der Waals surface area contributed by atoms with E-state index in [0.29, 0.717) is 11.3 Å². The Bertz CT molecular complexity index is 33.9. The SMILES string of the molecule is [CH]N([CH])C=O. The summed E-state index contributed by atoms with van der Waals surface area (Å²) < 4.78 is 0. The van der Waals surface area contributed by atoms with Crippen LogP contribution in [-0.2, 0) is 4.79 Å². The molecule has 0 aliphatic carbocycles. The summed E-state index contributed by atoms with van der Waals surface area (Å²) in [7, 11) is 9.07. The summed E-state index contributed by atoms with van der Waals surface area (Å²) in [6.07, 6.45) is 0.306. The Hall–Kier alpha value is -0.530. The molecule has 2 nitrogen and oxygen atoms in total. The normalized spacial score (nSPS) is 6.80. The van der Waals surface area contributed by atoms with Crippen LogP contribution in [0.15, 0.2) is 0 Å². The van der Waals surface area contributed by atoms with Gasteiger partial charge in [0.1, 0.15) is 0 Å². The van der Waals surface area contributed by atoms with Crippen LogP contribution in [-0.4, -0.2) is 11.3 Å². The zero-order chi connectivity index (χ0) is 4.28. The summed E-state index contributed by atoms with van der Waals surface area (Å²) in [6, 6.07) is 0. The molecule has 0 aliphatic heterocycles. The molecule has 0 aromatic heterocycles. The molecule has 2 heteroatoms. The van der Waals surface area contributed by atoms with Gasteiger partial charge < -0.3 is 4.90 Å². The molecule has 0 atom stereocenters. The second-order valence-electron chi connectivity index (χ2n) is 0.553. The average molecular weight is 69.1 g/mol. The molecule has 0 saturated carbocycles. The number of carbonyl (C=O) groups excluding carboxylic acids is 1. The molecule has 0 rings (SSSR count). The lowest BCUT2D eigenvalue weighted by molar-refractivity contribution is -0.114. The van der Waals surface area contributed by atoms with Crippen molar-refractivity contribution < 1.29 is 4.79 Å². The van der Waals surface area contributed by atoms with Gasteiger partial charge in [-0.3, -0.25) is 4.79 Å². The fourth-order valence-electron chi connectivity index (χ4n) is 0. The van der Waals surface area contributed by atoms with E-state index in [4.69, 9.17) is 0 Å². The minimum atomic E-state index is 0.306. The largest absolute Gasteiger partial charge is 0.331 e. The number of hydrogen-bond acceptors (Lipinski definition) is 1. The molecule has 0 spiro atoms. The number of amides is 1. The lowest BCUT2D eigenvalue weighted by atomic mass is 11.0. The third kappa shape index (κ3) is 3.47. The Morgan fingerprint density at radius 1 is 1.60 bits per heavy atom. The van der Waals surface area contributed by atoms with Gasteiger partial charge in [-0.25, -0.2) is 0 Å². The monoisotopic (exact) mass is 69.0 g/mol. The van der Waals surface area contributed by atoms with Crippen molar-refractivity contribution in [1.29, 1.82) is 0 Å². The molecule has 26 valence electrons. The van der Waals surface area contributed by atoms with E-state index in [0.717, 1.165) is 0 Å². The first kappa shape index (κ1) is 4.47. The van der Waals surface area contributed by atoms with Gasteiger partial charge in [0.05, 0.1) is 14.1 Å². The summed E-state index contributed by atoms with van der Waals surface area (Å²) in [5.41, 5.74) is 0. The topological polar surface area (TPSA) is 20.3 Å². The van der Waals surface area contributed by atoms with Crippen LogP contribution in [0.3, 0.4) is 0 Å². The van der Waals surface area contributed by atoms with Crippen LogP contribution in [0.4, 0.5) is 0 Å². The molecule has 4 radical (unpaired) electrons. The number of carbonyl (C=O) groups is 1. The highest BCUT2D eigenvalue weighted by Gasteiger charge is 1.71. The third-order valence-corrected chi connectivity index (χ3v) is 0.122. The lowest BCUT2D eigenvalue weighted by Gasteiger charge is -1.90. The van der Waals surface area contributed by atoms with E-state index in [1.807, 2.05) is 0 Å². The van der Waals surface area contributed by atoms with Crippen LogP contribution < -0.4 is 0 Å². The molecule has 0 unspecified atom stereocenters. The van der Waals surface area contributed by atoms with Gasteiger partial charge in [0, 0.05) is 0 Å². The standard InChI is InChI=1S/C3H3NO/c1-4(2)3-5/h1-3H. The van der Waals surface area contributed by atoms with Crippen LogP contribution in [0.1, 0.15) is 0 Å². The second-order valence-corrected chi connectivity index (χ2v) is 0.553. The van der Waals surface area contributed by atoms with Crippen LogP contribution in [0.25, 0.3) is 0 Å². The van der Waals surface area contributed by atoms with E-state index in [-0.39, 0.29) is 0 Å². The Balaban J connectivity index is 2.83. The fraction of sp³-hybridized carbons (Fsp3) is 0. The van der Waals surface area contributed by atoms with E-state index in [1.165, 1.54) is 0 Å². The summed E-state index contributed by atoms with van der Waals surface area (Å²) in [5.74, 6) is 0. The molecule has 0 N–H and O–H groups in total. The predicted octanol–water partition coefficient (Wildman–Crippen LogP) is -0.218. The Kier molecular flexibility index (Phi) is 1.57. The number of rotatable bonds is 1. The average Bonchev–Trinajstić information content (AvgIpc) is 1.38. The maximum atomic E-state index is 9.18. The minimum absolute atomic E-state index is 0.306. The van der Waals surface area contributed by atoms with Crippen LogP contribution >= 0.6 is 0 Å². The van der Waals surface area contributed by atoms with Crippen LogP contribution in [0.2, 0.25) is 0 Å². The van der Waals surface area contributed by atoms with Crippen molar-refractivity contribution in [3.63, 3.8) is 0 Å². The first-order chi connectivity index (χ1) is 2.27. The van der Waals surface area contributed by atoms with Crippen molar-refractivity contribution in [2.45, 2.75) is 0 Å². The maximum absolute atomic E-state index is 9.18. The first-order valence-corrected chi connectivity index (χ1v) is 1.01. The third-order valence-electron chi connectivity index (χ3n) is 0.122. The molecule has 0 aliphatic rings. The smallest absolute Gasteiger partial charge is 0.210 e. The fourth-order valence-corrected chi connectivity index (χ4v) is 0. The number of nitrogens with zero attached hydrogens (tertiary/aromatic N) is 1. The molecule has 0 aromatic rings. The quantitative estimate of drug-likeness (QED) is 0.308. The van der Waals surface area contributed by atoms with E-state index in [1.54, 1.807) is 0 Å². The minimum Gasteiger partial charge on any atom is -0.331 e. The second kappa shape index (κ2) is 1.76. The molecular weight excluding hydrogens is 66.0 g/mol. The van der Waals surface area contributed by atoms with Crippen molar-refractivity contribution in [3.05, 3.63) is 14.1 Å². The van der Waals surface area contributed by atoms with Gasteiger partial charge in [0.2, 0.25) is 6.41 Å². The zero-order valence-electron chi connectivity index (χ0n) is 2.59. The molecule has 0 saturated heterocycles. The summed E-state index contributed by atoms with van der Waals surface area (Å²) in [6.45, 7) is 0. The molecule has 1 amide bonds. The van der Waals surface area contributed by atoms with E-state index in [9.17, 15) is 4.79 Å². The van der Waals surface area contributed by atoms with Crippen molar-refractivity contribution >= 4 is 6.41 Å². The van der Waals surface area contributed by atoms with Gasteiger partial charge in [-0.05, 0) is 0 Å². The van der Waals surface area contributed by atoms with Gasteiger partial charge in [-0.2, -0.15) is 0 Å². The highest BCUT2D eigenvalue weighted by Crippen LogP contribution is 1.61. The van der Waals surface area contributed by atoms with Crippen molar-refractivity contribution in [1.82, 2.24) is 4.90 Å². The van der Waals surface area contributed by atoms with Crippen LogP contribution in [0.5, 0.6) is 0 Å². The van der Waals surface area contributed by atoms with E-state index < -0.39 is 0 Å². The zero-order valence-corrected chi connectivity index (χ0v) is 2.59. The van der Waals surface area contributed by atoms with Gasteiger partial charge in [-0.1, -0.05) is 0 Å². The van der Waals surface area contributed by atoms with Gasteiger partial charge in [0.15, 0.2) is 0 Å². The maximum Gasteiger partial charge on any atom is 0.210 e. The molecule has 0 fully saturated rings. The lowest BCUT2D eigenvalue weighted by Crippen LogP contribution is -1.98. The van der Waals surface area contributed by atoms with Gasteiger partial charge in [-0.15, -0.1) is 0 Å². The van der Waals surface area contributed by atoms with Crippen LogP contribution in [0, 0.1) is 14.1 Å². The van der Waals surface area contributed by atoms with Crippen molar-refractivity contribution in [2.24, 2.45) is 0 Å². The highest BCUT2D eigenvalue weighted by atomic mass is 16.1. The van der Waals surface area contributed by atoms with E-state index in [2.05, 4.69) is 14.1 Å². The Morgan fingerprint density at radius 2 is 1.80 bits per heavy atom. The van der Waals surface area contributed by atoms with Crippen molar-refractivity contribution in [2.75, 3.05) is 0 Å². The van der Waals surface area contributed by atoms with Gasteiger partial charge in [0.25, 0.3) is 0 Å². The molecule has 0 bridgehead atoms.